The predicted molar refractivity (Wildman–Crippen MR) is 84.4 cm³/mol. The molecule has 0 saturated heterocycles. The van der Waals surface area contributed by atoms with Gasteiger partial charge in [-0.05, 0) is 86.9 Å². The van der Waals surface area contributed by atoms with Gasteiger partial charge in [-0.15, -0.1) is 0 Å². The van der Waals surface area contributed by atoms with Gasteiger partial charge in [0.05, 0.1) is 0 Å². The standard InChI is InChI=1S/C19H31N/c1-18-9-14-8-15(10-18)12-19(11-14,13-18)17(20)16-6-4-2-3-5-7-16/h6,14-15,17H,2-5,7-13,20H2,1H3. The average Bonchev–Trinajstić information content (AvgIpc) is 2.63. The summed E-state index contributed by atoms with van der Waals surface area (Å²) in [6.45, 7) is 2.56. The Hall–Kier alpha value is -0.300. The summed E-state index contributed by atoms with van der Waals surface area (Å²) in [5.74, 6) is 2.00. The lowest BCUT2D eigenvalue weighted by molar-refractivity contribution is -0.108. The molecule has 0 spiro atoms. The Bertz CT molecular complexity index is 407. The van der Waals surface area contributed by atoms with Crippen LogP contribution in [-0.4, -0.2) is 6.04 Å². The molecule has 1 heteroatoms. The summed E-state index contributed by atoms with van der Waals surface area (Å²) in [5.41, 5.74) is 9.65. The fourth-order valence-corrected chi connectivity index (χ4v) is 6.88. The highest BCUT2D eigenvalue weighted by atomic mass is 14.8. The van der Waals surface area contributed by atoms with Gasteiger partial charge in [0, 0.05) is 6.04 Å². The van der Waals surface area contributed by atoms with Crippen LogP contribution in [0.5, 0.6) is 0 Å². The molecule has 0 radical (unpaired) electrons. The second-order valence-electron chi connectivity index (χ2n) is 8.99. The van der Waals surface area contributed by atoms with Crippen LogP contribution in [0.15, 0.2) is 11.6 Å². The number of hydrogen-bond donors (Lipinski definition) is 1. The summed E-state index contributed by atoms with van der Waals surface area (Å²) < 4.78 is 0. The minimum Gasteiger partial charge on any atom is -0.324 e. The zero-order chi connectivity index (χ0) is 13.8. The van der Waals surface area contributed by atoms with Gasteiger partial charge in [0.2, 0.25) is 0 Å². The van der Waals surface area contributed by atoms with Gasteiger partial charge in [-0.3, -0.25) is 0 Å². The molecular formula is C19H31N. The van der Waals surface area contributed by atoms with E-state index in [1.54, 1.807) is 5.57 Å². The Kier molecular flexibility index (Phi) is 3.07. The smallest absolute Gasteiger partial charge is 0.0311 e. The maximum atomic E-state index is 6.91. The Morgan fingerprint density at radius 1 is 1.10 bits per heavy atom. The van der Waals surface area contributed by atoms with E-state index in [0.29, 0.717) is 16.9 Å². The normalized spacial score (nSPS) is 48.8. The molecule has 0 heterocycles. The highest BCUT2D eigenvalue weighted by molar-refractivity contribution is 5.21. The largest absolute Gasteiger partial charge is 0.324 e. The molecule has 3 unspecified atom stereocenters. The van der Waals surface area contributed by atoms with E-state index in [2.05, 4.69) is 13.0 Å². The van der Waals surface area contributed by atoms with E-state index in [1.165, 1.54) is 70.6 Å². The number of allylic oxidation sites excluding steroid dienone is 1. The Labute approximate surface area is 124 Å². The molecule has 0 amide bonds. The van der Waals surface area contributed by atoms with Gasteiger partial charge < -0.3 is 5.73 Å². The number of rotatable bonds is 2. The topological polar surface area (TPSA) is 26.0 Å². The van der Waals surface area contributed by atoms with Gasteiger partial charge in [0.15, 0.2) is 0 Å². The zero-order valence-electron chi connectivity index (χ0n) is 13.2. The lowest BCUT2D eigenvalue weighted by Gasteiger charge is -2.63. The SMILES string of the molecule is CC12CC3CC(C1)CC(C(N)C1=CCCCCC1)(C3)C2. The van der Waals surface area contributed by atoms with Crippen LogP contribution < -0.4 is 5.73 Å². The van der Waals surface area contributed by atoms with Gasteiger partial charge in [-0.25, -0.2) is 0 Å². The van der Waals surface area contributed by atoms with Crippen molar-refractivity contribution in [1.82, 2.24) is 0 Å². The quantitative estimate of drug-likeness (QED) is 0.718. The van der Waals surface area contributed by atoms with Crippen LogP contribution in [0.25, 0.3) is 0 Å². The monoisotopic (exact) mass is 273 g/mol. The summed E-state index contributed by atoms with van der Waals surface area (Å²) in [4.78, 5) is 0. The Morgan fingerprint density at radius 3 is 2.55 bits per heavy atom. The molecule has 112 valence electrons. The molecular weight excluding hydrogens is 242 g/mol. The first-order valence-corrected chi connectivity index (χ1v) is 9.03. The van der Waals surface area contributed by atoms with E-state index in [4.69, 9.17) is 5.73 Å². The van der Waals surface area contributed by atoms with Crippen LogP contribution in [0, 0.1) is 22.7 Å². The predicted octanol–water partition coefficient (Wildman–Crippen LogP) is 4.81. The molecule has 0 aromatic carbocycles. The van der Waals surface area contributed by atoms with Gasteiger partial charge >= 0.3 is 0 Å². The van der Waals surface area contributed by atoms with Crippen molar-refractivity contribution in [2.45, 2.75) is 83.6 Å². The molecule has 0 aromatic rings. The van der Waals surface area contributed by atoms with Crippen molar-refractivity contribution in [1.29, 1.82) is 0 Å². The first kappa shape index (κ1) is 13.4. The van der Waals surface area contributed by atoms with Crippen LogP contribution in [0.2, 0.25) is 0 Å². The van der Waals surface area contributed by atoms with E-state index in [1.807, 2.05) is 0 Å². The lowest BCUT2D eigenvalue weighted by atomic mass is 9.42. The summed E-state index contributed by atoms with van der Waals surface area (Å²) in [7, 11) is 0. The van der Waals surface area contributed by atoms with Crippen molar-refractivity contribution in [2.24, 2.45) is 28.4 Å². The Morgan fingerprint density at radius 2 is 1.85 bits per heavy atom. The van der Waals surface area contributed by atoms with Crippen LogP contribution in [-0.2, 0) is 0 Å². The maximum Gasteiger partial charge on any atom is 0.0311 e. The molecule has 3 atom stereocenters. The third-order valence-electron chi connectivity index (χ3n) is 7.03. The third-order valence-corrected chi connectivity index (χ3v) is 7.03. The maximum absolute atomic E-state index is 6.91. The van der Waals surface area contributed by atoms with Crippen LogP contribution in [0.1, 0.15) is 77.6 Å². The van der Waals surface area contributed by atoms with E-state index in [-0.39, 0.29) is 0 Å². The zero-order valence-corrected chi connectivity index (χ0v) is 13.2. The summed E-state index contributed by atoms with van der Waals surface area (Å²) in [6.07, 6.45) is 18.1. The molecule has 1 nitrogen and oxygen atoms in total. The number of hydrogen-bond acceptors (Lipinski definition) is 1. The van der Waals surface area contributed by atoms with Crippen LogP contribution >= 0.6 is 0 Å². The van der Waals surface area contributed by atoms with Crippen molar-refractivity contribution in [3.8, 4) is 0 Å². The molecule has 4 fully saturated rings. The van der Waals surface area contributed by atoms with Crippen LogP contribution in [0.3, 0.4) is 0 Å². The van der Waals surface area contributed by atoms with E-state index < -0.39 is 0 Å². The van der Waals surface area contributed by atoms with Gasteiger partial charge in [-0.2, -0.15) is 0 Å². The summed E-state index contributed by atoms with van der Waals surface area (Å²) in [5, 5.41) is 0. The first-order chi connectivity index (χ1) is 9.59. The molecule has 20 heavy (non-hydrogen) atoms. The molecule has 0 aromatic heterocycles. The molecule has 4 bridgehead atoms. The first-order valence-electron chi connectivity index (χ1n) is 9.03. The van der Waals surface area contributed by atoms with Crippen molar-refractivity contribution >= 4 is 0 Å². The van der Waals surface area contributed by atoms with Crippen molar-refractivity contribution in [3.63, 3.8) is 0 Å². The van der Waals surface area contributed by atoms with Gasteiger partial charge in [0.25, 0.3) is 0 Å². The minimum atomic E-state index is 0.380. The second-order valence-corrected chi connectivity index (χ2v) is 8.99. The fourth-order valence-electron chi connectivity index (χ4n) is 6.88. The van der Waals surface area contributed by atoms with E-state index in [9.17, 15) is 0 Å². The highest BCUT2D eigenvalue weighted by Gasteiger charge is 2.57. The Balaban J connectivity index is 1.62. The van der Waals surface area contributed by atoms with Crippen molar-refractivity contribution in [3.05, 3.63) is 11.6 Å². The summed E-state index contributed by atoms with van der Waals surface area (Å²) >= 11 is 0. The lowest BCUT2D eigenvalue weighted by Crippen LogP contribution is -2.58. The fraction of sp³-hybridized carbons (Fsp3) is 0.895. The molecule has 0 aliphatic heterocycles. The average molecular weight is 273 g/mol. The second kappa shape index (κ2) is 4.60. The van der Waals surface area contributed by atoms with Crippen molar-refractivity contribution in [2.75, 3.05) is 0 Å². The molecule has 4 saturated carbocycles. The minimum absolute atomic E-state index is 0.380. The van der Waals surface area contributed by atoms with Gasteiger partial charge in [0.1, 0.15) is 0 Å². The molecule has 5 aliphatic carbocycles. The summed E-state index contributed by atoms with van der Waals surface area (Å²) in [6, 6.07) is 0.380. The van der Waals surface area contributed by atoms with Gasteiger partial charge in [-0.1, -0.05) is 25.0 Å². The highest BCUT2D eigenvalue weighted by Crippen LogP contribution is 2.66. The number of nitrogens with two attached hydrogens (primary N) is 1. The van der Waals surface area contributed by atoms with E-state index in [0.717, 1.165) is 11.8 Å². The third kappa shape index (κ3) is 2.08. The van der Waals surface area contributed by atoms with Crippen molar-refractivity contribution < 1.29 is 0 Å². The molecule has 5 rings (SSSR count). The van der Waals surface area contributed by atoms with E-state index >= 15 is 0 Å². The molecule has 2 N–H and O–H groups in total. The molecule has 5 aliphatic rings. The van der Waals surface area contributed by atoms with Crippen LogP contribution in [0.4, 0.5) is 0 Å².